The first-order valence-electron chi connectivity index (χ1n) is 9.81. The molecule has 29 heavy (non-hydrogen) atoms. The average molecular weight is 410 g/mol. The lowest BCUT2D eigenvalue weighted by molar-refractivity contribution is -0.122. The van der Waals surface area contributed by atoms with Gasteiger partial charge in [0.05, 0.1) is 22.7 Å². The Hall–Kier alpha value is -2.93. The van der Waals surface area contributed by atoms with Gasteiger partial charge < -0.3 is 15.0 Å². The van der Waals surface area contributed by atoms with Gasteiger partial charge in [-0.2, -0.15) is 0 Å². The number of aryl methyl sites for hydroxylation is 1. The first-order chi connectivity index (χ1) is 14.1. The highest BCUT2D eigenvalue weighted by Crippen LogP contribution is 2.31. The van der Waals surface area contributed by atoms with Crippen molar-refractivity contribution in [3.63, 3.8) is 0 Å². The van der Waals surface area contributed by atoms with Gasteiger partial charge in [0.1, 0.15) is 5.75 Å². The minimum absolute atomic E-state index is 0.0277. The Balaban J connectivity index is 1.44. The molecule has 1 aliphatic heterocycles. The SMILES string of the molecule is CCOc1ccc2nc(NC(=O)[C@@H]3CC(=O)N(c4ccc(CC)cc4)C3)sc2c1. The number of benzene rings is 2. The van der Waals surface area contributed by atoms with Crippen molar-refractivity contribution in [1.82, 2.24) is 4.98 Å². The van der Waals surface area contributed by atoms with E-state index in [-0.39, 0.29) is 24.2 Å². The van der Waals surface area contributed by atoms with Gasteiger partial charge in [0.2, 0.25) is 11.8 Å². The van der Waals surface area contributed by atoms with Crippen molar-refractivity contribution in [3.05, 3.63) is 48.0 Å². The van der Waals surface area contributed by atoms with Crippen molar-refractivity contribution in [2.75, 3.05) is 23.4 Å². The van der Waals surface area contributed by atoms with Crippen LogP contribution in [-0.2, 0) is 16.0 Å². The number of aromatic nitrogens is 1. The van der Waals surface area contributed by atoms with Crippen molar-refractivity contribution >= 4 is 44.2 Å². The smallest absolute Gasteiger partial charge is 0.231 e. The van der Waals surface area contributed by atoms with Crippen molar-refractivity contribution in [2.45, 2.75) is 26.7 Å². The molecule has 1 aliphatic rings. The van der Waals surface area contributed by atoms with Gasteiger partial charge in [-0.25, -0.2) is 4.98 Å². The third-order valence-electron chi connectivity index (χ3n) is 5.05. The van der Waals surface area contributed by atoms with Gasteiger partial charge in [0.15, 0.2) is 5.13 Å². The van der Waals surface area contributed by atoms with Crippen molar-refractivity contribution in [1.29, 1.82) is 0 Å². The van der Waals surface area contributed by atoms with Gasteiger partial charge in [-0.15, -0.1) is 0 Å². The monoisotopic (exact) mass is 409 g/mol. The fraction of sp³-hybridized carbons (Fsp3) is 0.318. The fourth-order valence-electron chi connectivity index (χ4n) is 3.47. The molecule has 6 nitrogen and oxygen atoms in total. The molecule has 1 aromatic heterocycles. The van der Waals surface area contributed by atoms with E-state index < -0.39 is 0 Å². The van der Waals surface area contributed by atoms with Gasteiger partial charge in [0.25, 0.3) is 0 Å². The number of carbonyl (C=O) groups is 2. The second-order valence-corrected chi connectivity index (χ2v) is 8.03. The average Bonchev–Trinajstić information content (AvgIpc) is 3.31. The highest BCUT2D eigenvalue weighted by atomic mass is 32.1. The molecule has 0 aliphatic carbocycles. The van der Waals surface area contributed by atoms with Crippen LogP contribution in [0.2, 0.25) is 0 Å². The first kappa shape index (κ1) is 19.4. The Morgan fingerprint density at radius 1 is 1.24 bits per heavy atom. The van der Waals surface area contributed by atoms with Crippen LogP contribution in [-0.4, -0.2) is 29.9 Å². The molecule has 1 fully saturated rings. The van der Waals surface area contributed by atoms with E-state index in [0.29, 0.717) is 18.3 Å². The zero-order valence-corrected chi connectivity index (χ0v) is 17.3. The minimum atomic E-state index is -0.389. The molecular weight excluding hydrogens is 386 g/mol. The number of nitrogens with zero attached hydrogens (tertiary/aromatic N) is 2. The Morgan fingerprint density at radius 3 is 2.76 bits per heavy atom. The van der Waals surface area contributed by atoms with Crippen LogP contribution >= 0.6 is 11.3 Å². The number of ether oxygens (including phenoxy) is 1. The number of hydrogen-bond donors (Lipinski definition) is 1. The number of amides is 2. The lowest BCUT2D eigenvalue weighted by Crippen LogP contribution is -2.28. The molecule has 1 N–H and O–H groups in total. The standard InChI is InChI=1S/C22H23N3O3S/c1-3-14-5-7-16(8-6-14)25-13-15(11-20(25)26)21(27)24-22-23-18-10-9-17(28-4-2)12-19(18)29-22/h5-10,12,15H,3-4,11,13H2,1-2H3,(H,23,24,27)/t15-/m1/s1. The zero-order valence-electron chi connectivity index (χ0n) is 16.5. The van der Waals surface area contributed by atoms with Crippen LogP contribution in [0.5, 0.6) is 5.75 Å². The number of hydrogen-bond acceptors (Lipinski definition) is 5. The molecule has 2 amide bonds. The van der Waals surface area contributed by atoms with Gasteiger partial charge in [0, 0.05) is 18.7 Å². The maximum Gasteiger partial charge on any atom is 0.231 e. The molecular formula is C22H23N3O3S. The lowest BCUT2D eigenvalue weighted by atomic mass is 10.1. The largest absolute Gasteiger partial charge is 0.494 e. The van der Waals surface area contributed by atoms with E-state index in [2.05, 4.69) is 17.2 Å². The van der Waals surface area contributed by atoms with E-state index >= 15 is 0 Å². The van der Waals surface area contributed by atoms with Crippen LogP contribution in [0.1, 0.15) is 25.8 Å². The van der Waals surface area contributed by atoms with E-state index in [1.54, 1.807) is 4.90 Å². The summed E-state index contributed by atoms with van der Waals surface area (Å²) in [6, 6.07) is 13.6. The summed E-state index contributed by atoms with van der Waals surface area (Å²) in [6.45, 7) is 5.01. The summed E-state index contributed by atoms with van der Waals surface area (Å²) in [4.78, 5) is 31.4. The Labute approximate surface area is 173 Å². The Bertz CT molecular complexity index is 1050. The molecule has 1 atom stereocenters. The summed E-state index contributed by atoms with van der Waals surface area (Å²) in [5.74, 6) is 0.196. The molecule has 7 heteroatoms. The zero-order chi connectivity index (χ0) is 20.4. The van der Waals surface area contributed by atoms with Crippen molar-refractivity contribution in [2.24, 2.45) is 5.92 Å². The number of thiazole rings is 1. The number of carbonyl (C=O) groups excluding carboxylic acids is 2. The quantitative estimate of drug-likeness (QED) is 0.661. The molecule has 0 saturated carbocycles. The van der Waals surface area contributed by atoms with Crippen LogP contribution in [0.4, 0.5) is 10.8 Å². The summed E-state index contributed by atoms with van der Waals surface area (Å²) in [5.41, 5.74) is 2.87. The second-order valence-electron chi connectivity index (χ2n) is 7.00. The molecule has 1 saturated heterocycles. The molecule has 2 heterocycles. The van der Waals surface area contributed by atoms with E-state index in [1.807, 2.05) is 49.4 Å². The molecule has 2 aromatic carbocycles. The maximum atomic E-state index is 12.7. The molecule has 0 unspecified atom stereocenters. The number of anilines is 2. The summed E-state index contributed by atoms with van der Waals surface area (Å²) in [6.07, 6.45) is 1.16. The number of fused-ring (bicyclic) bond motifs is 1. The van der Waals surface area contributed by atoms with Crippen LogP contribution in [0.15, 0.2) is 42.5 Å². The summed E-state index contributed by atoms with van der Waals surface area (Å²) >= 11 is 1.40. The molecule has 150 valence electrons. The van der Waals surface area contributed by atoms with Gasteiger partial charge in [-0.05, 0) is 49.2 Å². The molecule has 0 radical (unpaired) electrons. The van der Waals surface area contributed by atoms with Gasteiger partial charge in [-0.1, -0.05) is 30.4 Å². The van der Waals surface area contributed by atoms with E-state index in [9.17, 15) is 9.59 Å². The van der Waals surface area contributed by atoms with Gasteiger partial charge in [-0.3, -0.25) is 9.59 Å². The summed E-state index contributed by atoms with van der Waals surface area (Å²) in [7, 11) is 0. The van der Waals surface area contributed by atoms with Crippen molar-refractivity contribution in [3.8, 4) is 5.75 Å². The minimum Gasteiger partial charge on any atom is -0.494 e. The van der Waals surface area contributed by atoms with Gasteiger partial charge >= 0.3 is 0 Å². The molecule has 4 rings (SSSR count). The Morgan fingerprint density at radius 2 is 2.03 bits per heavy atom. The van der Waals surface area contributed by atoms with E-state index in [0.717, 1.165) is 28.1 Å². The topological polar surface area (TPSA) is 71.5 Å². The maximum absolute atomic E-state index is 12.7. The molecule has 0 bridgehead atoms. The second kappa shape index (κ2) is 8.21. The van der Waals surface area contributed by atoms with E-state index in [1.165, 1.54) is 16.9 Å². The predicted molar refractivity (Wildman–Crippen MR) is 116 cm³/mol. The fourth-order valence-corrected chi connectivity index (χ4v) is 4.36. The number of rotatable bonds is 6. The van der Waals surface area contributed by atoms with Crippen LogP contribution < -0.4 is 15.0 Å². The summed E-state index contributed by atoms with van der Waals surface area (Å²) in [5, 5.41) is 3.42. The van der Waals surface area contributed by atoms with Crippen LogP contribution in [0.25, 0.3) is 10.2 Å². The summed E-state index contributed by atoms with van der Waals surface area (Å²) < 4.78 is 6.46. The lowest BCUT2D eigenvalue weighted by Gasteiger charge is -2.17. The predicted octanol–water partition coefficient (Wildman–Crippen LogP) is 4.25. The number of nitrogens with one attached hydrogen (secondary N) is 1. The third-order valence-corrected chi connectivity index (χ3v) is 5.99. The third kappa shape index (κ3) is 4.10. The van der Waals surface area contributed by atoms with Crippen molar-refractivity contribution < 1.29 is 14.3 Å². The van der Waals surface area contributed by atoms with Crippen LogP contribution in [0, 0.1) is 5.92 Å². The van der Waals surface area contributed by atoms with E-state index in [4.69, 9.17) is 4.74 Å². The Kier molecular flexibility index (Phi) is 5.49. The normalized spacial score (nSPS) is 16.4. The van der Waals surface area contributed by atoms with Crippen LogP contribution in [0.3, 0.4) is 0 Å². The molecule has 3 aromatic rings. The molecule has 0 spiro atoms. The highest BCUT2D eigenvalue weighted by Gasteiger charge is 2.35. The highest BCUT2D eigenvalue weighted by molar-refractivity contribution is 7.22. The first-order valence-corrected chi connectivity index (χ1v) is 10.6.